The van der Waals surface area contributed by atoms with Crippen molar-refractivity contribution in [3.05, 3.63) is 59.2 Å². The van der Waals surface area contributed by atoms with E-state index in [1.807, 2.05) is 0 Å². The van der Waals surface area contributed by atoms with Crippen molar-refractivity contribution in [2.75, 3.05) is 0 Å². The Bertz CT molecular complexity index is 776. The van der Waals surface area contributed by atoms with Crippen molar-refractivity contribution in [1.82, 2.24) is 15.3 Å². The van der Waals surface area contributed by atoms with Crippen LogP contribution in [0.25, 0.3) is 0 Å². The number of hydrogen-bond acceptors (Lipinski definition) is 4. The molecule has 0 atom stereocenters. The molecule has 2 aromatic heterocycles. The Labute approximate surface area is 142 Å². The Morgan fingerprint density at radius 1 is 1.16 bits per heavy atom. The standard InChI is InChI=1S/C17H16F3N3O2/c1-2-14(24)9-13-8-11(6-7-21-13)16(25)22-10-12-4-3-5-15(23-12)17(18,19)20/h3-8H,2,9-10H2,1H3,(H,22,25). The normalized spacial score (nSPS) is 11.2. The second-order valence-electron chi connectivity index (χ2n) is 5.30. The zero-order chi connectivity index (χ0) is 18.4. The first-order chi connectivity index (χ1) is 11.8. The van der Waals surface area contributed by atoms with E-state index in [0.29, 0.717) is 12.1 Å². The molecule has 0 saturated carbocycles. The molecule has 2 heterocycles. The molecule has 0 aliphatic rings. The number of aromatic nitrogens is 2. The largest absolute Gasteiger partial charge is 0.433 e. The van der Waals surface area contributed by atoms with Crippen LogP contribution in [0.1, 0.15) is 40.8 Å². The minimum Gasteiger partial charge on any atom is -0.346 e. The smallest absolute Gasteiger partial charge is 0.346 e. The molecule has 0 saturated heterocycles. The van der Waals surface area contributed by atoms with Crippen LogP contribution < -0.4 is 5.32 Å². The number of nitrogens with zero attached hydrogens (tertiary/aromatic N) is 2. The number of Topliss-reactive ketones (excluding diaryl/α,β-unsaturated/α-hetero) is 1. The molecular weight excluding hydrogens is 335 g/mol. The highest BCUT2D eigenvalue weighted by Crippen LogP contribution is 2.27. The van der Waals surface area contributed by atoms with Crippen LogP contribution in [0.5, 0.6) is 0 Å². The summed E-state index contributed by atoms with van der Waals surface area (Å²) in [5.74, 6) is -0.481. The van der Waals surface area contributed by atoms with E-state index in [9.17, 15) is 22.8 Å². The predicted molar refractivity (Wildman–Crippen MR) is 83.6 cm³/mol. The van der Waals surface area contributed by atoms with E-state index in [-0.39, 0.29) is 30.0 Å². The lowest BCUT2D eigenvalue weighted by molar-refractivity contribution is -0.141. The molecule has 2 aromatic rings. The average molecular weight is 351 g/mol. The van der Waals surface area contributed by atoms with Gasteiger partial charge in [0.25, 0.3) is 5.91 Å². The van der Waals surface area contributed by atoms with Crippen LogP contribution in [-0.4, -0.2) is 21.7 Å². The lowest BCUT2D eigenvalue weighted by Gasteiger charge is -2.09. The number of hydrogen-bond donors (Lipinski definition) is 1. The average Bonchev–Trinajstić information content (AvgIpc) is 2.59. The Hall–Kier alpha value is -2.77. The minimum absolute atomic E-state index is 0.00164. The highest BCUT2D eigenvalue weighted by molar-refractivity contribution is 5.94. The Morgan fingerprint density at radius 3 is 2.60 bits per heavy atom. The van der Waals surface area contributed by atoms with Crippen molar-refractivity contribution in [3.63, 3.8) is 0 Å². The lowest BCUT2D eigenvalue weighted by Crippen LogP contribution is -2.24. The fraction of sp³-hybridized carbons (Fsp3) is 0.294. The van der Waals surface area contributed by atoms with Crippen LogP contribution in [0.2, 0.25) is 0 Å². The SMILES string of the molecule is CCC(=O)Cc1cc(C(=O)NCc2cccc(C(F)(F)F)n2)ccn1. The van der Waals surface area contributed by atoms with E-state index in [1.54, 1.807) is 6.92 Å². The molecule has 0 aliphatic carbocycles. The summed E-state index contributed by atoms with van der Waals surface area (Å²) in [6.45, 7) is 1.59. The van der Waals surface area contributed by atoms with Gasteiger partial charge in [-0.15, -0.1) is 0 Å². The lowest BCUT2D eigenvalue weighted by atomic mass is 10.1. The fourth-order valence-corrected chi connectivity index (χ4v) is 2.05. The Balaban J connectivity index is 2.03. The molecule has 25 heavy (non-hydrogen) atoms. The zero-order valence-electron chi connectivity index (χ0n) is 13.4. The van der Waals surface area contributed by atoms with E-state index < -0.39 is 17.8 Å². The summed E-state index contributed by atoms with van der Waals surface area (Å²) >= 11 is 0. The highest BCUT2D eigenvalue weighted by Gasteiger charge is 2.32. The van der Waals surface area contributed by atoms with Crippen LogP contribution in [0.3, 0.4) is 0 Å². The Kier molecular flexibility index (Phi) is 5.84. The van der Waals surface area contributed by atoms with Gasteiger partial charge < -0.3 is 5.32 Å². The van der Waals surface area contributed by atoms with Crippen molar-refractivity contribution in [2.45, 2.75) is 32.5 Å². The van der Waals surface area contributed by atoms with Gasteiger partial charge in [0.1, 0.15) is 11.5 Å². The third kappa shape index (κ3) is 5.37. The summed E-state index contributed by atoms with van der Waals surface area (Å²) < 4.78 is 37.9. The molecule has 0 radical (unpaired) electrons. The summed E-state index contributed by atoms with van der Waals surface area (Å²) in [7, 11) is 0. The first-order valence-electron chi connectivity index (χ1n) is 7.57. The number of nitrogens with one attached hydrogen (secondary N) is 1. The molecular formula is C17H16F3N3O2. The van der Waals surface area contributed by atoms with E-state index in [0.717, 1.165) is 6.07 Å². The summed E-state index contributed by atoms with van der Waals surface area (Å²) in [6, 6.07) is 6.45. The van der Waals surface area contributed by atoms with Gasteiger partial charge in [0.15, 0.2) is 0 Å². The van der Waals surface area contributed by atoms with Gasteiger partial charge in [0.05, 0.1) is 12.2 Å². The molecule has 0 spiro atoms. The Morgan fingerprint density at radius 2 is 1.92 bits per heavy atom. The van der Waals surface area contributed by atoms with Crippen molar-refractivity contribution >= 4 is 11.7 Å². The quantitative estimate of drug-likeness (QED) is 0.869. The summed E-state index contributed by atoms with van der Waals surface area (Å²) in [6.07, 6.45) is -2.62. The number of carbonyl (C=O) groups excluding carboxylic acids is 2. The van der Waals surface area contributed by atoms with Crippen LogP contribution in [0.15, 0.2) is 36.5 Å². The number of amides is 1. The van der Waals surface area contributed by atoms with E-state index >= 15 is 0 Å². The second-order valence-corrected chi connectivity index (χ2v) is 5.30. The molecule has 132 valence electrons. The molecule has 8 heteroatoms. The third-order valence-corrected chi connectivity index (χ3v) is 3.38. The first-order valence-corrected chi connectivity index (χ1v) is 7.57. The fourth-order valence-electron chi connectivity index (χ4n) is 2.05. The predicted octanol–water partition coefficient (Wildman–Crippen LogP) is 2.95. The molecule has 0 unspecified atom stereocenters. The van der Waals surface area contributed by atoms with Crippen LogP contribution in [0.4, 0.5) is 13.2 Å². The van der Waals surface area contributed by atoms with Gasteiger partial charge in [-0.2, -0.15) is 13.2 Å². The molecule has 1 N–H and O–H groups in total. The van der Waals surface area contributed by atoms with Gasteiger partial charge >= 0.3 is 6.18 Å². The van der Waals surface area contributed by atoms with Gasteiger partial charge in [-0.1, -0.05) is 13.0 Å². The number of pyridine rings is 2. The van der Waals surface area contributed by atoms with E-state index in [1.165, 1.54) is 30.5 Å². The molecule has 1 amide bonds. The topological polar surface area (TPSA) is 72.0 Å². The van der Waals surface area contributed by atoms with Gasteiger partial charge in [0, 0.05) is 30.3 Å². The molecule has 0 fully saturated rings. The molecule has 2 rings (SSSR count). The van der Waals surface area contributed by atoms with Gasteiger partial charge in [0.2, 0.25) is 0 Å². The number of carbonyl (C=O) groups is 2. The summed E-state index contributed by atoms with van der Waals surface area (Å²) in [4.78, 5) is 31.1. The molecule has 0 aromatic carbocycles. The van der Waals surface area contributed by atoms with Gasteiger partial charge in [-0.05, 0) is 24.3 Å². The van der Waals surface area contributed by atoms with E-state index in [4.69, 9.17) is 0 Å². The molecule has 5 nitrogen and oxygen atoms in total. The second kappa shape index (κ2) is 7.87. The maximum atomic E-state index is 12.6. The number of halogens is 3. The number of alkyl halides is 3. The van der Waals surface area contributed by atoms with Crippen molar-refractivity contribution < 1.29 is 22.8 Å². The first kappa shape index (κ1) is 18.6. The van der Waals surface area contributed by atoms with E-state index in [2.05, 4.69) is 15.3 Å². The highest BCUT2D eigenvalue weighted by atomic mass is 19.4. The van der Waals surface area contributed by atoms with Crippen molar-refractivity contribution in [2.24, 2.45) is 0 Å². The van der Waals surface area contributed by atoms with Crippen molar-refractivity contribution in [1.29, 1.82) is 0 Å². The van der Waals surface area contributed by atoms with Gasteiger partial charge in [-0.3, -0.25) is 14.6 Å². The summed E-state index contributed by atoms with van der Waals surface area (Å²) in [5.41, 5.74) is -0.167. The van der Waals surface area contributed by atoms with Crippen LogP contribution >= 0.6 is 0 Å². The van der Waals surface area contributed by atoms with Crippen LogP contribution in [-0.2, 0) is 23.9 Å². The zero-order valence-corrected chi connectivity index (χ0v) is 13.4. The monoisotopic (exact) mass is 351 g/mol. The number of ketones is 1. The maximum absolute atomic E-state index is 12.6. The molecule has 0 aliphatic heterocycles. The maximum Gasteiger partial charge on any atom is 0.433 e. The minimum atomic E-state index is -4.54. The van der Waals surface area contributed by atoms with Crippen molar-refractivity contribution in [3.8, 4) is 0 Å². The number of rotatable bonds is 6. The molecule has 0 bridgehead atoms. The van der Waals surface area contributed by atoms with Crippen LogP contribution in [0, 0.1) is 0 Å². The third-order valence-electron chi connectivity index (χ3n) is 3.38. The summed E-state index contributed by atoms with van der Waals surface area (Å²) in [5, 5.41) is 2.51. The van der Waals surface area contributed by atoms with Gasteiger partial charge in [-0.25, -0.2) is 4.98 Å².